The van der Waals surface area contributed by atoms with Gasteiger partial charge in [0, 0.05) is 15.7 Å². The second-order valence-corrected chi connectivity index (χ2v) is 6.34. The van der Waals surface area contributed by atoms with Crippen LogP contribution in [0.15, 0.2) is 28.7 Å². The topological polar surface area (TPSA) is 55.1 Å². The number of nitrogens with two attached hydrogens (primary N) is 1. The summed E-state index contributed by atoms with van der Waals surface area (Å²) in [7, 11) is 0. The summed E-state index contributed by atoms with van der Waals surface area (Å²) in [5, 5.41) is 3.34. The summed E-state index contributed by atoms with van der Waals surface area (Å²) in [6.45, 7) is 3.92. The molecule has 21 heavy (non-hydrogen) atoms. The third-order valence-electron chi connectivity index (χ3n) is 3.04. The highest BCUT2D eigenvalue weighted by Gasteiger charge is 2.12. The van der Waals surface area contributed by atoms with E-state index in [0.29, 0.717) is 11.3 Å². The van der Waals surface area contributed by atoms with Gasteiger partial charge in [-0.15, -0.1) is 0 Å². The van der Waals surface area contributed by atoms with Crippen LogP contribution in [0.1, 0.15) is 21.5 Å². The number of amides is 1. The Balaban J connectivity index is 2.30. The van der Waals surface area contributed by atoms with Crippen LogP contribution in [0.5, 0.6) is 0 Å². The van der Waals surface area contributed by atoms with Crippen molar-refractivity contribution < 1.29 is 4.79 Å². The van der Waals surface area contributed by atoms with Crippen LogP contribution < -0.4 is 11.1 Å². The molecule has 0 aromatic heterocycles. The van der Waals surface area contributed by atoms with E-state index in [0.717, 1.165) is 15.6 Å². The predicted molar refractivity (Wildman–Crippen MR) is 92.4 cm³/mol. The average molecular weight is 388 g/mol. The van der Waals surface area contributed by atoms with Gasteiger partial charge < -0.3 is 11.1 Å². The minimum absolute atomic E-state index is 0.260. The van der Waals surface area contributed by atoms with Crippen LogP contribution in [-0.2, 0) is 0 Å². The lowest BCUT2D eigenvalue weighted by Crippen LogP contribution is -2.12. The Morgan fingerprint density at radius 3 is 2.05 bits per heavy atom. The molecule has 1 amide bonds. The first-order valence-electron chi connectivity index (χ1n) is 6.12. The molecule has 3 nitrogen and oxygen atoms in total. The predicted octanol–water partition coefficient (Wildman–Crippen LogP) is 5.21. The van der Waals surface area contributed by atoms with E-state index in [4.69, 9.17) is 28.9 Å². The molecule has 2 rings (SSSR count). The van der Waals surface area contributed by atoms with Crippen LogP contribution in [0.2, 0.25) is 10.0 Å². The van der Waals surface area contributed by atoms with Crippen LogP contribution in [-0.4, -0.2) is 5.91 Å². The smallest absolute Gasteiger partial charge is 0.255 e. The zero-order valence-corrected chi connectivity index (χ0v) is 14.5. The fourth-order valence-corrected chi connectivity index (χ4v) is 2.65. The molecule has 3 N–H and O–H groups in total. The Morgan fingerprint density at radius 2 is 1.57 bits per heavy atom. The van der Waals surface area contributed by atoms with Gasteiger partial charge in [-0.05, 0) is 49.2 Å². The number of halogens is 3. The van der Waals surface area contributed by atoms with Crippen molar-refractivity contribution in [1.82, 2.24) is 0 Å². The van der Waals surface area contributed by atoms with Crippen LogP contribution in [0.3, 0.4) is 0 Å². The van der Waals surface area contributed by atoms with Crippen LogP contribution in [0.4, 0.5) is 11.4 Å². The fraction of sp³-hybridized carbons (Fsp3) is 0.133. The van der Waals surface area contributed by atoms with E-state index in [2.05, 4.69) is 21.2 Å². The average Bonchev–Trinajstić information content (AvgIpc) is 2.41. The molecular weight excluding hydrogens is 375 g/mol. The van der Waals surface area contributed by atoms with Gasteiger partial charge in [-0.2, -0.15) is 0 Å². The maximum Gasteiger partial charge on any atom is 0.255 e. The first kappa shape index (κ1) is 16.1. The van der Waals surface area contributed by atoms with E-state index in [1.54, 1.807) is 0 Å². The molecule has 0 fully saturated rings. The third kappa shape index (κ3) is 3.51. The number of carbonyl (C=O) groups is 1. The summed E-state index contributed by atoms with van der Waals surface area (Å²) in [6, 6.07) is 6.76. The quantitative estimate of drug-likeness (QED) is 0.695. The molecule has 0 bridgehead atoms. The van der Waals surface area contributed by atoms with E-state index in [1.807, 2.05) is 26.0 Å². The second-order valence-electron chi connectivity index (χ2n) is 4.73. The number of nitrogen functional groups attached to an aromatic ring is 1. The molecule has 0 saturated carbocycles. The summed E-state index contributed by atoms with van der Waals surface area (Å²) in [5.74, 6) is -0.292. The summed E-state index contributed by atoms with van der Waals surface area (Å²) >= 11 is 15.4. The van der Waals surface area contributed by atoms with Crippen molar-refractivity contribution in [2.45, 2.75) is 13.8 Å². The highest BCUT2D eigenvalue weighted by molar-refractivity contribution is 9.10. The number of rotatable bonds is 2. The zero-order valence-electron chi connectivity index (χ0n) is 11.4. The molecular formula is C15H13BrCl2N2O. The number of hydrogen-bond acceptors (Lipinski definition) is 2. The molecule has 110 valence electrons. The van der Waals surface area contributed by atoms with Crippen LogP contribution in [0, 0.1) is 13.8 Å². The van der Waals surface area contributed by atoms with Gasteiger partial charge >= 0.3 is 0 Å². The normalized spacial score (nSPS) is 10.5. The van der Waals surface area contributed by atoms with Gasteiger partial charge in [-0.25, -0.2) is 0 Å². The van der Waals surface area contributed by atoms with Gasteiger partial charge in [0.25, 0.3) is 5.91 Å². The Bertz CT molecular complexity index is 686. The van der Waals surface area contributed by atoms with Crippen molar-refractivity contribution in [3.05, 3.63) is 55.5 Å². The third-order valence-corrected chi connectivity index (χ3v) is 4.91. The summed E-state index contributed by atoms with van der Waals surface area (Å²) < 4.78 is 1.03. The van der Waals surface area contributed by atoms with Gasteiger partial charge in [0.1, 0.15) is 0 Å². The van der Waals surface area contributed by atoms with E-state index < -0.39 is 0 Å². The molecule has 0 heterocycles. The number of hydrogen-bond donors (Lipinski definition) is 2. The number of nitrogens with one attached hydrogen (secondary N) is 1. The minimum Gasteiger partial charge on any atom is -0.396 e. The van der Waals surface area contributed by atoms with Gasteiger partial charge in [0.2, 0.25) is 0 Å². The van der Waals surface area contributed by atoms with Crippen LogP contribution >= 0.6 is 39.1 Å². The summed E-state index contributed by atoms with van der Waals surface area (Å²) in [5.41, 5.74) is 9.08. The van der Waals surface area contributed by atoms with Crippen LogP contribution in [0.25, 0.3) is 0 Å². The van der Waals surface area contributed by atoms with Crippen molar-refractivity contribution in [2.75, 3.05) is 11.1 Å². The highest BCUT2D eigenvalue weighted by atomic mass is 79.9. The maximum absolute atomic E-state index is 12.3. The standard InChI is InChI=1S/C15H13BrCl2N2O/c1-7-3-10(4-8(2)13(7)16)20-15(21)9-5-11(17)14(19)12(18)6-9/h3-6H,19H2,1-2H3,(H,20,21). The molecule has 0 atom stereocenters. The molecule has 6 heteroatoms. The molecule has 0 aliphatic heterocycles. The number of anilines is 2. The highest BCUT2D eigenvalue weighted by Crippen LogP contribution is 2.30. The lowest BCUT2D eigenvalue weighted by Gasteiger charge is -2.11. The van der Waals surface area contributed by atoms with E-state index in [-0.39, 0.29) is 21.6 Å². The lowest BCUT2D eigenvalue weighted by atomic mass is 10.1. The Kier molecular flexibility index (Phi) is 4.81. The maximum atomic E-state index is 12.3. The Morgan fingerprint density at radius 1 is 1.10 bits per heavy atom. The van der Waals surface area contributed by atoms with Gasteiger partial charge in [0.15, 0.2) is 0 Å². The summed E-state index contributed by atoms with van der Waals surface area (Å²) in [4.78, 5) is 12.3. The van der Waals surface area contributed by atoms with Crippen molar-refractivity contribution in [3.63, 3.8) is 0 Å². The Labute approximate surface area is 141 Å². The SMILES string of the molecule is Cc1cc(NC(=O)c2cc(Cl)c(N)c(Cl)c2)cc(C)c1Br. The molecule has 0 spiro atoms. The lowest BCUT2D eigenvalue weighted by molar-refractivity contribution is 0.102. The van der Waals surface area contributed by atoms with E-state index in [1.165, 1.54) is 12.1 Å². The zero-order chi connectivity index (χ0) is 15.7. The molecule has 0 aliphatic carbocycles. The van der Waals surface area contributed by atoms with Gasteiger partial charge in [-0.3, -0.25) is 4.79 Å². The Hall–Kier alpha value is -1.23. The largest absolute Gasteiger partial charge is 0.396 e. The first-order chi connectivity index (χ1) is 9.79. The van der Waals surface area contributed by atoms with E-state index >= 15 is 0 Å². The molecule has 2 aromatic rings. The fourth-order valence-electron chi connectivity index (χ4n) is 1.94. The van der Waals surface area contributed by atoms with Crippen molar-refractivity contribution >= 4 is 56.4 Å². The molecule has 0 saturated heterocycles. The van der Waals surface area contributed by atoms with E-state index in [9.17, 15) is 4.79 Å². The first-order valence-corrected chi connectivity index (χ1v) is 7.67. The van der Waals surface area contributed by atoms with Crippen molar-refractivity contribution in [1.29, 1.82) is 0 Å². The number of benzene rings is 2. The second kappa shape index (κ2) is 6.26. The van der Waals surface area contributed by atoms with Crippen molar-refractivity contribution in [3.8, 4) is 0 Å². The number of aryl methyl sites for hydroxylation is 2. The minimum atomic E-state index is -0.292. The number of carbonyl (C=O) groups excluding carboxylic acids is 1. The van der Waals surface area contributed by atoms with Gasteiger partial charge in [-0.1, -0.05) is 39.1 Å². The molecule has 0 radical (unpaired) electrons. The van der Waals surface area contributed by atoms with Gasteiger partial charge in [0.05, 0.1) is 15.7 Å². The van der Waals surface area contributed by atoms with Crippen molar-refractivity contribution in [2.24, 2.45) is 0 Å². The summed E-state index contributed by atoms with van der Waals surface area (Å²) in [6.07, 6.45) is 0. The molecule has 0 aliphatic rings. The monoisotopic (exact) mass is 386 g/mol. The molecule has 2 aromatic carbocycles. The molecule has 0 unspecified atom stereocenters.